The molecule has 1 heteroatoms. The van der Waals surface area contributed by atoms with Gasteiger partial charge in [0.05, 0.1) is 6.21 Å². The molecule has 0 fully saturated rings. The Kier molecular flexibility index (Phi) is 0.911. The van der Waals surface area contributed by atoms with Crippen molar-refractivity contribution in [3.05, 3.63) is 0 Å². The highest BCUT2D eigenvalue weighted by atomic mass is 14.8. The van der Waals surface area contributed by atoms with E-state index in [0.717, 1.165) is 13.0 Å². The van der Waals surface area contributed by atoms with Crippen LogP contribution < -0.4 is 0 Å². The van der Waals surface area contributed by atoms with E-state index in [9.17, 15) is 0 Å². The van der Waals surface area contributed by atoms with Crippen LogP contribution in [0, 0.1) is 5.41 Å². The Hall–Kier alpha value is -0.330. The highest BCUT2D eigenvalue weighted by molar-refractivity contribution is 5.60. The molecule has 0 aromatic carbocycles. The van der Waals surface area contributed by atoms with Gasteiger partial charge in [0.1, 0.15) is 0 Å². The molecule has 7 heavy (non-hydrogen) atoms. The lowest BCUT2D eigenvalue weighted by Crippen LogP contribution is -2.09. The zero-order chi connectivity index (χ0) is 5.33. The van der Waals surface area contributed by atoms with Gasteiger partial charge in [-0.15, -0.1) is 0 Å². The van der Waals surface area contributed by atoms with Crippen LogP contribution in [0.2, 0.25) is 0 Å². The van der Waals surface area contributed by atoms with Crippen LogP contribution in [0.4, 0.5) is 0 Å². The van der Waals surface area contributed by atoms with Gasteiger partial charge >= 0.3 is 0 Å². The van der Waals surface area contributed by atoms with Crippen molar-refractivity contribution in [3.8, 4) is 0 Å². The molecule has 1 heterocycles. The summed E-state index contributed by atoms with van der Waals surface area (Å²) in [5.41, 5.74) is 0.417. The van der Waals surface area contributed by atoms with Gasteiger partial charge in [-0.3, -0.25) is 4.99 Å². The molecule has 0 N–H and O–H groups in total. The Morgan fingerprint density at radius 1 is 1.57 bits per heavy atom. The van der Waals surface area contributed by atoms with Crippen LogP contribution in [-0.2, 0) is 0 Å². The minimum absolute atomic E-state index is 0.417. The first-order valence-corrected chi connectivity index (χ1v) is 2.60. The van der Waals surface area contributed by atoms with E-state index in [1.54, 1.807) is 0 Å². The normalized spacial score (nSPS) is 26.0. The van der Waals surface area contributed by atoms with Crippen molar-refractivity contribution in [1.82, 2.24) is 0 Å². The predicted molar refractivity (Wildman–Crippen MR) is 30.7 cm³/mol. The Labute approximate surface area is 44.5 Å². The fourth-order valence-corrected chi connectivity index (χ4v) is 0.596. The maximum Gasteiger partial charge on any atom is 0.0564 e. The summed E-state index contributed by atoms with van der Waals surface area (Å²) < 4.78 is 0. The van der Waals surface area contributed by atoms with Crippen molar-refractivity contribution in [2.24, 2.45) is 10.4 Å². The molecular formula is C6H10N. The SMILES string of the molecule is CC1(C)C[C]=NC1. The third kappa shape index (κ3) is 1.02. The van der Waals surface area contributed by atoms with Gasteiger partial charge < -0.3 is 0 Å². The van der Waals surface area contributed by atoms with Gasteiger partial charge in [0.2, 0.25) is 0 Å². The molecule has 0 spiro atoms. The summed E-state index contributed by atoms with van der Waals surface area (Å²) in [7, 11) is 0. The Balaban J connectivity index is 2.49. The Bertz CT molecular complexity index is 82.4. The smallest absolute Gasteiger partial charge is 0.0564 e. The van der Waals surface area contributed by atoms with Gasteiger partial charge in [0.15, 0.2) is 0 Å². The summed E-state index contributed by atoms with van der Waals surface area (Å²) in [6, 6.07) is 0. The number of nitrogens with zero attached hydrogens (tertiary/aromatic N) is 1. The maximum atomic E-state index is 3.99. The van der Waals surface area contributed by atoms with Crippen molar-refractivity contribution in [3.63, 3.8) is 0 Å². The maximum absolute atomic E-state index is 3.99. The van der Waals surface area contributed by atoms with Gasteiger partial charge in [-0.2, -0.15) is 0 Å². The summed E-state index contributed by atoms with van der Waals surface area (Å²) >= 11 is 0. The van der Waals surface area contributed by atoms with E-state index in [4.69, 9.17) is 0 Å². The van der Waals surface area contributed by atoms with Gasteiger partial charge in [-0.1, -0.05) is 13.8 Å². The molecule has 0 saturated carbocycles. The molecule has 0 bridgehead atoms. The first-order chi connectivity index (χ1) is 3.21. The summed E-state index contributed by atoms with van der Waals surface area (Å²) in [6.45, 7) is 5.38. The molecular weight excluding hydrogens is 86.1 g/mol. The Morgan fingerprint density at radius 3 is 2.43 bits per heavy atom. The fourth-order valence-electron chi connectivity index (χ4n) is 0.596. The summed E-state index contributed by atoms with van der Waals surface area (Å²) in [5, 5.41) is 0. The first kappa shape index (κ1) is 4.82. The largest absolute Gasteiger partial charge is 0.287 e. The van der Waals surface area contributed by atoms with E-state index in [0.29, 0.717) is 5.41 Å². The molecule has 0 aliphatic carbocycles. The molecule has 1 aliphatic heterocycles. The third-order valence-corrected chi connectivity index (χ3v) is 1.18. The molecule has 0 amide bonds. The molecule has 0 aromatic rings. The van der Waals surface area contributed by atoms with E-state index in [-0.39, 0.29) is 0 Å². The fraction of sp³-hybridized carbons (Fsp3) is 0.833. The molecule has 0 unspecified atom stereocenters. The van der Waals surface area contributed by atoms with Crippen molar-refractivity contribution < 1.29 is 0 Å². The van der Waals surface area contributed by atoms with Crippen LogP contribution in [-0.4, -0.2) is 12.8 Å². The predicted octanol–water partition coefficient (Wildman–Crippen LogP) is 1.36. The average Bonchev–Trinajstić information content (AvgIpc) is 1.84. The highest BCUT2D eigenvalue weighted by Crippen LogP contribution is 2.22. The van der Waals surface area contributed by atoms with Crippen molar-refractivity contribution >= 4 is 6.21 Å². The van der Waals surface area contributed by atoms with Crippen LogP contribution >= 0.6 is 0 Å². The summed E-state index contributed by atoms with van der Waals surface area (Å²) in [5.74, 6) is 0. The van der Waals surface area contributed by atoms with Crippen LogP contribution in [0.15, 0.2) is 4.99 Å². The molecule has 1 aliphatic rings. The van der Waals surface area contributed by atoms with Gasteiger partial charge in [-0.25, -0.2) is 0 Å². The van der Waals surface area contributed by atoms with Crippen molar-refractivity contribution in [2.75, 3.05) is 6.54 Å². The van der Waals surface area contributed by atoms with Crippen LogP contribution in [0.5, 0.6) is 0 Å². The average molecular weight is 96.2 g/mol. The van der Waals surface area contributed by atoms with E-state index in [1.165, 1.54) is 0 Å². The molecule has 0 aromatic heterocycles. The summed E-state index contributed by atoms with van der Waals surface area (Å²) in [6.07, 6.45) is 3.97. The van der Waals surface area contributed by atoms with E-state index in [1.807, 2.05) is 0 Å². The second kappa shape index (κ2) is 1.32. The molecule has 1 rings (SSSR count). The van der Waals surface area contributed by atoms with Gasteiger partial charge in [-0.05, 0) is 11.8 Å². The summed E-state index contributed by atoms with van der Waals surface area (Å²) in [4.78, 5) is 3.99. The van der Waals surface area contributed by atoms with E-state index < -0.39 is 0 Å². The lowest BCUT2D eigenvalue weighted by Gasteiger charge is -2.11. The molecule has 1 radical (unpaired) electrons. The molecule has 39 valence electrons. The minimum atomic E-state index is 0.417. The number of rotatable bonds is 0. The van der Waals surface area contributed by atoms with Gasteiger partial charge in [0.25, 0.3) is 0 Å². The zero-order valence-corrected chi connectivity index (χ0v) is 4.86. The van der Waals surface area contributed by atoms with Crippen LogP contribution in [0.25, 0.3) is 0 Å². The van der Waals surface area contributed by atoms with E-state index in [2.05, 4.69) is 25.1 Å². The number of hydrogen-bond acceptors (Lipinski definition) is 1. The standard InChI is InChI=1S/C6H10N/c1-6(2)3-4-7-5-6/h3,5H2,1-2H3. The monoisotopic (exact) mass is 96.1 g/mol. The Morgan fingerprint density at radius 2 is 2.29 bits per heavy atom. The van der Waals surface area contributed by atoms with Crippen LogP contribution in [0.1, 0.15) is 20.3 Å². The topological polar surface area (TPSA) is 12.4 Å². The quantitative estimate of drug-likeness (QED) is 0.432. The molecule has 0 atom stereocenters. The molecule has 1 nitrogen and oxygen atoms in total. The highest BCUT2D eigenvalue weighted by Gasteiger charge is 2.19. The van der Waals surface area contributed by atoms with Crippen LogP contribution in [0.3, 0.4) is 0 Å². The third-order valence-electron chi connectivity index (χ3n) is 1.18. The second-order valence-corrected chi connectivity index (χ2v) is 2.82. The van der Waals surface area contributed by atoms with E-state index >= 15 is 0 Å². The lowest BCUT2D eigenvalue weighted by atomic mass is 9.93. The van der Waals surface area contributed by atoms with Gasteiger partial charge in [0, 0.05) is 6.54 Å². The van der Waals surface area contributed by atoms with Crippen molar-refractivity contribution in [2.45, 2.75) is 20.3 Å². The first-order valence-electron chi connectivity index (χ1n) is 2.60. The zero-order valence-electron chi connectivity index (χ0n) is 4.86. The molecule has 0 saturated heterocycles. The lowest BCUT2D eigenvalue weighted by molar-refractivity contribution is 0.424. The number of hydrogen-bond donors (Lipinski definition) is 0. The van der Waals surface area contributed by atoms with Crippen molar-refractivity contribution in [1.29, 1.82) is 0 Å². The minimum Gasteiger partial charge on any atom is -0.287 e. The number of aliphatic imine (C=N–C) groups is 1. The second-order valence-electron chi connectivity index (χ2n) is 2.82.